The SMILES string of the molecule is Cc1ccc(-c2cnc(SCC(=O)Nc3cc(C)nn3C)n2-c2ccccc2)cc1. The third-order valence-corrected chi connectivity index (χ3v) is 5.65. The van der Waals surface area contributed by atoms with Crippen LogP contribution in [0.25, 0.3) is 16.9 Å². The van der Waals surface area contributed by atoms with Gasteiger partial charge >= 0.3 is 0 Å². The average Bonchev–Trinajstić information content (AvgIpc) is 3.30. The van der Waals surface area contributed by atoms with Gasteiger partial charge in [0.05, 0.1) is 23.3 Å². The smallest absolute Gasteiger partial charge is 0.235 e. The summed E-state index contributed by atoms with van der Waals surface area (Å²) in [4.78, 5) is 17.1. The Bertz CT molecular complexity index is 1160. The van der Waals surface area contributed by atoms with Crippen molar-refractivity contribution in [1.29, 1.82) is 0 Å². The zero-order valence-electron chi connectivity index (χ0n) is 17.2. The molecule has 0 atom stereocenters. The molecular formula is C23H23N5OS. The lowest BCUT2D eigenvalue weighted by atomic mass is 10.1. The van der Waals surface area contributed by atoms with E-state index in [4.69, 9.17) is 0 Å². The molecule has 30 heavy (non-hydrogen) atoms. The van der Waals surface area contributed by atoms with Crippen LogP contribution in [0.15, 0.2) is 72.0 Å². The first-order valence-corrected chi connectivity index (χ1v) is 10.6. The van der Waals surface area contributed by atoms with Crippen LogP contribution in [0.4, 0.5) is 5.82 Å². The fraction of sp³-hybridized carbons (Fsp3) is 0.174. The molecule has 4 rings (SSSR count). The number of para-hydroxylation sites is 1. The molecule has 0 radical (unpaired) electrons. The van der Waals surface area contributed by atoms with E-state index in [1.54, 1.807) is 4.68 Å². The number of carbonyl (C=O) groups is 1. The Morgan fingerprint density at radius 1 is 1.07 bits per heavy atom. The van der Waals surface area contributed by atoms with Crippen LogP contribution in [-0.2, 0) is 11.8 Å². The maximum atomic E-state index is 12.5. The lowest BCUT2D eigenvalue weighted by Crippen LogP contribution is -2.16. The van der Waals surface area contributed by atoms with Crippen LogP contribution in [0.1, 0.15) is 11.3 Å². The summed E-state index contributed by atoms with van der Waals surface area (Å²) in [6.07, 6.45) is 1.86. The Hall–Kier alpha value is -3.32. The van der Waals surface area contributed by atoms with Gasteiger partial charge in [-0.15, -0.1) is 0 Å². The number of hydrogen-bond acceptors (Lipinski definition) is 4. The molecule has 0 unspecified atom stereocenters. The van der Waals surface area contributed by atoms with Crippen molar-refractivity contribution in [3.63, 3.8) is 0 Å². The summed E-state index contributed by atoms with van der Waals surface area (Å²) in [6.45, 7) is 3.97. The number of amides is 1. The molecule has 1 N–H and O–H groups in total. The lowest BCUT2D eigenvalue weighted by molar-refractivity contribution is -0.113. The van der Waals surface area contributed by atoms with Crippen molar-refractivity contribution in [3.8, 4) is 16.9 Å². The molecule has 0 spiro atoms. The number of rotatable bonds is 6. The Balaban J connectivity index is 1.59. The molecule has 6 nitrogen and oxygen atoms in total. The van der Waals surface area contributed by atoms with Gasteiger partial charge in [0, 0.05) is 24.4 Å². The number of aromatic nitrogens is 4. The largest absolute Gasteiger partial charge is 0.310 e. The van der Waals surface area contributed by atoms with Crippen LogP contribution in [0.5, 0.6) is 0 Å². The number of nitrogens with zero attached hydrogens (tertiary/aromatic N) is 4. The Morgan fingerprint density at radius 2 is 1.80 bits per heavy atom. The highest BCUT2D eigenvalue weighted by Gasteiger charge is 2.16. The minimum atomic E-state index is -0.0949. The number of anilines is 1. The van der Waals surface area contributed by atoms with E-state index in [-0.39, 0.29) is 11.7 Å². The van der Waals surface area contributed by atoms with Crippen molar-refractivity contribution in [2.24, 2.45) is 7.05 Å². The highest BCUT2D eigenvalue weighted by molar-refractivity contribution is 7.99. The van der Waals surface area contributed by atoms with Gasteiger partial charge in [0.1, 0.15) is 5.82 Å². The van der Waals surface area contributed by atoms with Gasteiger partial charge < -0.3 is 5.32 Å². The number of nitrogens with one attached hydrogen (secondary N) is 1. The van der Waals surface area contributed by atoms with Gasteiger partial charge in [-0.05, 0) is 26.0 Å². The summed E-state index contributed by atoms with van der Waals surface area (Å²) >= 11 is 1.41. The second kappa shape index (κ2) is 8.59. The Kier molecular flexibility index (Phi) is 5.72. The molecular weight excluding hydrogens is 394 g/mol. The molecule has 152 valence electrons. The second-order valence-electron chi connectivity index (χ2n) is 7.09. The van der Waals surface area contributed by atoms with Crippen molar-refractivity contribution in [1.82, 2.24) is 19.3 Å². The first-order valence-electron chi connectivity index (χ1n) is 9.65. The zero-order chi connectivity index (χ0) is 21.1. The molecule has 0 aliphatic rings. The van der Waals surface area contributed by atoms with Crippen LogP contribution in [0.3, 0.4) is 0 Å². The van der Waals surface area contributed by atoms with Crippen molar-refractivity contribution in [2.45, 2.75) is 19.0 Å². The highest BCUT2D eigenvalue weighted by atomic mass is 32.2. The fourth-order valence-electron chi connectivity index (χ4n) is 3.23. The number of aryl methyl sites for hydroxylation is 3. The molecule has 0 fully saturated rings. The summed E-state index contributed by atoms with van der Waals surface area (Å²) in [7, 11) is 1.81. The number of hydrogen-bond donors (Lipinski definition) is 1. The van der Waals surface area contributed by atoms with Gasteiger partial charge in [-0.3, -0.25) is 14.0 Å². The first kappa shape index (κ1) is 20.0. The molecule has 7 heteroatoms. The molecule has 1 amide bonds. The molecule has 0 aliphatic carbocycles. The minimum absolute atomic E-state index is 0.0949. The van der Waals surface area contributed by atoms with E-state index >= 15 is 0 Å². The molecule has 0 bridgehead atoms. The Morgan fingerprint density at radius 3 is 2.47 bits per heavy atom. The molecule has 2 aromatic carbocycles. The van der Waals surface area contributed by atoms with E-state index in [0.717, 1.165) is 27.8 Å². The summed E-state index contributed by atoms with van der Waals surface area (Å²) in [6, 6.07) is 20.3. The van der Waals surface area contributed by atoms with E-state index in [1.165, 1.54) is 17.3 Å². The topological polar surface area (TPSA) is 64.7 Å². The number of carbonyl (C=O) groups excluding carboxylic acids is 1. The van der Waals surface area contributed by atoms with Crippen molar-refractivity contribution in [3.05, 3.63) is 78.1 Å². The molecule has 2 heterocycles. The van der Waals surface area contributed by atoms with Crippen molar-refractivity contribution >= 4 is 23.5 Å². The van der Waals surface area contributed by atoms with Crippen LogP contribution >= 0.6 is 11.8 Å². The van der Waals surface area contributed by atoms with Crippen LogP contribution < -0.4 is 5.32 Å². The summed E-state index contributed by atoms with van der Waals surface area (Å²) in [5.74, 6) is 0.842. The van der Waals surface area contributed by atoms with E-state index in [9.17, 15) is 4.79 Å². The highest BCUT2D eigenvalue weighted by Crippen LogP contribution is 2.30. The van der Waals surface area contributed by atoms with Gasteiger partial charge in [-0.25, -0.2) is 4.98 Å². The summed E-state index contributed by atoms with van der Waals surface area (Å²) in [5, 5.41) is 7.94. The first-order chi connectivity index (χ1) is 14.5. The third-order valence-electron chi connectivity index (χ3n) is 4.69. The number of thioether (sulfide) groups is 1. The van der Waals surface area contributed by atoms with Gasteiger partial charge in [-0.1, -0.05) is 59.8 Å². The normalized spacial score (nSPS) is 10.9. The molecule has 0 saturated carbocycles. The van der Waals surface area contributed by atoms with E-state index in [2.05, 4.69) is 51.2 Å². The minimum Gasteiger partial charge on any atom is -0.310 e. The fourth-order valence-corrected chi connectivity index (χ4v) is 4.02. The molecule has 2 aromatic heterocycles. The zero-order valence-corrected chi connectivity index (χ0v) is 18.0. The maximum absolute atomic E-state index is 12.5. The van der Waals surface area contributed by atoms with E-state index in [1.807, 2.05) is 56.6 Å². The number of benzene rings is 2. The van der Waals surface area contributed by atoms with Crippen molar-refractivity contribution in [2.75, 3.05) is 11.1 Å². The molecule has 4 aromatic rings. The molecule has 0 aliphatic heterocycles. The quantitative estimate of drug-likeness (QED) is 0.465. The Labute approximate surface area is 180 Å². The predicted molar refractivity (Wildman–Crippen MR) is 121 cm³/mol. The number of imidazole rings is 1. The summed E-state index contributed by atoms with van der Waals surface area (Å²) in [5.41, 5.74) is 5.16. The monoisotopic (exact) mass is 417 g/mol. The van der Waals surface area contributed by atoms with Gasteiger partial charge in [-0.2, -0.15) is 5.10 Å². The van der Waals surface area contributed by atoms with E-state index < -0.39 is 0 Å². The van der Waals surface area contributed by atoms with Gasteiger partial charge in [0.25, 0.3) is 0 Å². The van der Waals surface area contributed by atoms with Crippen LogP contribution in [0.2, 0.25) is 0 Å². The maximum Gasteiger partial charge on any atom is 0.235 e. The van der Waals surface area contributed by atoms with Crippen LogP contribution in [-0.4, -0.2) is 31.0 Å². The van der Waals surface area contributed by atoms with Gasteiger partial charge in [0.15, 0.2) is 5.16 Å². The average molecular weight is 418 g/mol. The van der Waals surface area contributed by atoms with Crippen molar-refractivity contribution < 1.29 is 4.79 Å². The standard InChI is InChI=1S/C23H23N5OS/c1-16-9-11-18(12-10-16)20-14-24-23(28(20)19-7-5-4-6-8-19)30-15-22(29)25-21-13-17(2)26-27(21)3/h4-14H,15H2,1-3H3,(H,25,29). The lowest BCUT2D eigenvalue weighted by Gasteiger charge is -2.12. The van der Waals surface area contributed by atoms with Crippen LogP contribution in [0, 0.1) is 13.8 Å². The second-order valence-corrected chi connectivity index (χ2v) is 8.04. The van der Waals surface area contributed by atoms with E-state index in [0.29, 0.717) is 5.82 Å². The predicted octanol–water partition coefficient (Wildman–Crippen LogP) is 4.62. The molecule has 0 saturated heterocycles. The summed E-state index contributed by atoms with van der Waals surface area (Å²) < 4.78 is 3.76. The third kappa shape index (κ3) is 4.31. The van der Waals surface area contributed by atoms with Gasteiger partial charge in [0.2, 0.25) is 5.91 Å².